The fourth-order valence-corrected chi connectivity index (χ4v) is 3.05. The van der Waals surface area contributed by atoms with Crippen LogP contribution in [0.15, 0.2) is 6.07 Å². The van der Waals surface area contributed by atoms with Crippen LogP contribution in [0.3, 0.4) is 0 Å². The van der Waals surface area contributed by atoms with Crippen LogP contribution in [0.1, 0.15) is 38.4 Å². The van der Waals surface area contributed by atoms with Gasteiger partial charge in [-0.2, -0.15) is 0 Å². The van der Waals surface area contributed by atoms with Crippen LogP contribution in [-0.2, 0) is 16.0 Å². The van der Waals surface area contributed by atoms with Gasteiger partial charge in [0.1, 0.15) is 17.4 Å². The molecule has 0 aliphatic heterocycles. The van der Waals surface area contributed by atoms with Crippen molar-refractivity contribution in [1.29, 1.82) is 0 Å². The van der Waals surface area contributed by atoms with Gasteiger partial charge in [-0.05, 0) is 33.8 Å². The average molecular weight is 393 g/mol. The third-order valence-electron chi connectivity index (χ3n) is 4.67. The Labute approximate surface area is 166 Å². The van der Waals surface area contributed by atoms with E-state index in [1.807, 2.05) is 33.8 Å². The van der Waals surface area contributed by atoms with Crippen molar-refractivity contribution >= 4 is 22.9 Å². The van der Waals surface area contributed by atoms with Gasteiger partial charge in [0.2, 0.25) is 0 Å². The number of amides is 2. The molecule has 0 aromatic carbocycles. The summed E-state index contributed by atoms with van der Waals surface area (Å²) >= 11 is 0. The molecule has 0 spiro atoms. The minimum absolute atomic E-state index is 0.0659. The van der Waals surface area contributed by atoms with Gasteiger partial charge in [0.25, 0.3) is 0 Å². The van der Waals surface area contributed by atoms with E-state index >= 15 is 0 Å². The molecule has 2 aromatic heterocycles. The number of nitrogens with one attached hydrogen (secondary N) is 1. The largest absolute Gasteiger partial charge is 0.382 e. The molecule has 0 saturated carbocycles. The van der Waals surface area contributed by atoms with Crippen LogP contribution < -0.4 is 11.1 Å². The molecule has 156 valence electrons. The molecule has 2 rings (SSSR count). The van der Waals surface area contributed by atoms with E-state index in [2.05, 4.69) is 19.9 Å². The van der Waals surface area contributed by atoms with Crippen LogP contribution in [0.4, 0.5) is 10.6 Å². The van der Waals surface area contributed by atoms with E-state index < -0.39 is 0 Å². The molecule has 3 N–H and O–H groups in total. The lowest BCUT2D eigenvalue weighted by atomic mass is 10.3. The third kappa shape index (κ3) is 5.11. The van der Waals surface area contributed by atoms with Crippen molar-refractivity contribution in [2.75, 3.05) is 45.7 Å². The number of fused-ring (bicyclic) bond motifs is 1. The molecule has 0 radical (unpaired) electrons. The highest BCUT2D eigenvalue weighted by Crippen LogP contribution is 2.26. The predicted molar refractivity (Wildman–Crippen MR) is 109 cm³/mol. The molecule has 9 nitrogen and oxygen atoms in total. The van der Waals surface area contributed by atoms with Crippen molar-refractivity contribution in [2.24, 2.45) is 0 Å². The lowest BCUT2D eigenvalue weighted by molar-refractivity contribution is 0.101. The average Bonchev–Trinajstić information content (AvgIpc) is 3.03. The van der Waals surface area contributed by atoms with Crippen molar-refractivity contribution in [1.82, 2.24) is 24.8 Å². The number of hydrogen-bond donors (Lipinski definition) is 2. The molecule has 0 aliphatic rings. The van der Waals surface area contributed by atoms with Gasteiger partial charge in [-0.15, -0.1) is 0 Å². The Kier molecular flexibility index (Phi) is 8.01. The van der Waals surface area contributed by atoms with Gasteiger partial charge >= 0.3 is 6.03 Å². The summed E-state index contributed by atoms with van der Waals surface area (Å²) in [6.45, 7) is 11.1. The lowest BCUT2D eigenvalue weighted by Gasteiger charge is -2.19. The Morgan fingerprint density at radius 1 is 1.32 bits per heavy atom. The zero-order valence-electron chi connectivity index (χ0n) is 17.5. The first-order chi connectivity index (χ1) is 13.4. The van der Waals surface area contributed by atoms with Crippen LogP contribution in [0, 0.1) is 6.92 Å². The number of rotatable bonds is 10. The van der Waals surface area contributed by atoms with E-state index in [1.54, 1.807) is 12.0 Å². The Hall–Kier alpha value is -2.39. The highest BCUT2D eigenvalue weighted by atomic mass is 16.5. The molecule has 0 fully saturated rings. The fraction of sp³-hybridized carbons (Fsp3) is 0.632. The van der Waals surface area contributed by atoms with E-state index in [0.29, 0.717) is 50.7 Å². The van der Waals surface area contributed by atoms with E-state index in [-0.39, 0.29) is 12.1 Å². The number of pyridine rings is 1. The number of carbonyl (C=O) groups is 1. The molecule has 1 atom stereocenters. The SMILES string of the molecule is CCN(CC)C(=O)NCCOCCn1c(C(C)OC)nc2c(N)nc(C)cc21. The molecule has 0 bridgehead atoms. The second-order valence-corrected chi connectivity index (χ2v) is 6.53. The smallest absolute Gasteiger partial charge is 0.317 e. The number of nitrogens with two attached hydrogens (primary N) is 1. The first kappa shape index (κ1) is 21.9. The zero-order chi connectivity index (χ0) is 20.7. The van der Waals surface area contributed by atoms with Crippen molar-refractivity contribution in [3.63, 3.8) is 0 Å². The number of anilines is 1. The molecule has 28 heavy (non-hydrogen) atoms. The van der Waals surface area contributed by atoms with Crippen LogP contribution >= 0.6 is 0 Å². The Bertz CT molecular complexity index is 788. The Balaban J connectivity index is 1.97. The first-order valence-electron chi connectivity index (χ1n) is 9.69. The monoisotopic (exact) mass is 392 g/mol. The minimum Gasteiger partial charge on any atom is -0.382 e. The summed E-state index contributed by atoms with van der Waals surface area (Å²) in [7, 11) is 1.65. The summed E-state index contributed by atoms with van der Waals surface area (Å²) in [5, 5.41) is 2.86. The summed E-state index contributed by atoms with van der Waals surface area (Å²) < 4.78 is 13.2. The van der Waals surface area contributed by atoms with E-state index in [4.69, 9.17) is 15.2 Å². The number of ether oxygens (including phenoxy) is 2. The lowest BCUT2D eigenvalue weighted by Crippen LogP contribution is -2.41. The number of carbonyl (C=O) groups excluding carboxylic acids is 1. The molecule has 2 heterocycles. The van der Waals surface area contributed by atoms with Gasteiger partial charge in [-0.3, -0.25) is 0 Å². The van der Waals surface area contributed by atoms with Gasteiger partial charge in [0.15, 0.2) is 5.82 Å². The second kappa shape index (κ2) is 10.2. The number of imidazole rings is 1. The number of urea groups is 1. The third-order valence-corrected chi connectivity index (χ3v) is 4.67. The summed E-state index contributed by atoms with van der Waals surface area (Å²) in [6.07, 6.45) is -0.180. The van der Waals surface area contributed by atoms with E-state index in [9.17, 15) is 4.79 Å². The quantitative estimate of drug-likeness (QED) is 0.600. The number of aryl methyl sites for hydroxylation is 1. The summed E-state index contributed by atoms with van der Waals surface area (Å²) in [4.78, 5) is 22.6. The normalized spacial score (nSPS) is 12.3. The van der Waals surface area contributed by atoms with Crippen LogP contribution in [0.25, 0.3) is 11.0 Å². The molecular weight excluding hydrogens is 360 g/mol. The molecule has 0 aliphatic carbocycles. The maximum Gasteiger partial charge on any atom is 0.317 e. The molecule has 0 saturated heterocycles. The van der Waals surface area contributed by atoms with Crippen molar-refractivity contribution in [3.8, 4) is 0 Å². The van der Waals surface area contributed by atoms with Gasteiger partial charge in [0, 0.05) is 39.0 Å². The minimum atomic E-state index is -0.180. The first-order valence-corrected chi connectivity index (χ1v) is 9.69. The van der Waals surface area contributed by atoms with Gasteiger partial charge in [0.05, 0.1) is 18.7 Å². The molecular formula is C19H32N6O3. The van der Waals surface area contributed by atoms with Crippen LogP contribution in [-0.4, -0.2) is 65.4 Å². The van der Waals surface area contributed by atoms with Gasteiger partial charge in [-0.25, -0.2) is 14.8 Å². The number of nitrogens with zero attached hydrogens (tertiary/aromatic N) is 4. The zero-order valence-corrected chi connectivity index (χ0v) is 17.5. The standard InChI is InChI=1S/C19H32N6O3/c1-6-24(7-2)19(26)21-8-10-28-11-9-25-15-12-13(3)22-17(20)16(15)23-18(25)14(4)27-5/h12,14H,6-11H2,1-5H3,(H2,20,22)(H,21,26). The van der Waals surface area contributed by atoms with E-state index in [0.717, 1.165) is 17.0 Å². The molecule has 2 aromatic rings. The second-order valence-electron chi connectivity index (χ2n) is 6.53. The number of nitrogen functional groups attached to an aromatic ring is 1. The molecule has 2 amide bonds. The topological polar surface area (TPSA) is 108 Å². The predicted octanol–water partition coefficient (Wildman–Crippen LogP) is 2.10. The van der Waals surface area contributed by atoms with Crippen LogP contribution in [0.5, 0.6) is 0 Å². The van der Waals surface area contributed by atoms with Crippen molar-refractivity contribution in [2.45, 2.75) is 40.3 Å². The molecule has 1 unspecified atom stereocenters. The highest BCUT2D eigenvalue weighted by Gasteiger charge is 2.18. The van der Waals surface area contributed by atoms with E-state index in [1.165, 1.54) is 0 Å². The van der Waals surface area contributed by atoms with Crippen LogP contribution in [0.2, 0.25) is 0 Å². The van der Waals surface area contributed by atoms with Gasteiger partial charge < -0.3 is 30.0 Å². The maximum atomic E-state index is 11.9. The van der Waals surface area contributed by atoms with Gasteiger partial charge in [-0.1, -0.05) is 0 Å². The van der Waals surface area contributed by atoms with Crippen molar-refractivity contribution in [3.05, 3.63) is 17.6 Å². The fourth-order valence-electron chi connectivity index (χ4n) is 3.05. The number of hydrogen-bond acceptors (Lipinski definition) is 6. The highest BCUT2D eigenvalue weighted by molar-refractivity contribution is 5.85. The molecule has 9 heteroatoms. The summed E-state index contributed by atoms with van der Waals surface area (Å²) in [5.41, 5.74) is 8.48. The van der Waals surface area contributed by atoms with Crippen molar-refractivity contribution < 1.29 is 14.3 Å². The summed E-state index contributed by atoms with van der Waals surface area (Å²) in [6, 6.07) is 1.90. The number of aromatic nitrogens is 3. The maximum absolute atomic E-state index is 11.9. The Morgan fingerprint density at radius 3 is 2.68 bits per heavy atom. The Morgan fingerprint density at radius 2 is 2.04 bits per heavy atom. The number of methoxy groups -OCH3 is 1. The summed E-state index contributed by atoms with van der Waals surface area (Å²) in [5.74, 6) is 1.20.